The van der Waals surface area contributed by atoms with Gasteiger partial charge in [-0.3, -0.25) is 19.7 Å². The van der Waals surface area contributed by atoms with E-state index in [-0.39, 0.29) is 40.4 Å². The predicted octanol–water partition coefficient (Wildman–Crippen LogP) is 7.89. The summed E-state index contributed by atoms with van der Waals surface area (Å²) in [5.41, 5.74) is 5.68. The fourth-order valence-electron chi connectivity index (χ4n) is 8.32. The monoisotopic (exact) mass is 579 g/mol. The highest BCUT2D eigenvalue weighted by Gasteiger charge is 2.51. The summed E-state index contributed by atoms with van der Waals surface area (Å²) >= 11 is 0. The predicted molar refractivity (Wildman–Crippen MR) is 170 cm³/mol. The van der Waals surface area contributed by atoms with Crippen molar-refractivity contribution in [1.82, 2.24) is 0 Å². The number of fused-ring (bicyclic) bond motifs is 3. The molecule has 2 aliphatic carbocycles. The van der Waals surface area contributed by atoms with E-state index in [2.05, 4.69) is 51.2 Å². The van der Waals surface area contributed by atoms with Crippen molar-refractivity contribution in [2.75, 3.05) is 16.8 Å². The minimum Gasteiger partial charge on any atom is -0.379 e. The molecular formula is C36H41N3O4. The maximum Gasteiger partial charge on any atom is 0.294 e. The molecular weight excluding hydrogens is 538 g/mol. The lowest BCUT2D eigenvalue weighted by atomic mass is 9.49. The number of anilines is 2. The van der Waals surface area contributed by atoms with E-state index in [1.165, 1.54) is 22.8 Å². The maximum atomic E-state index is 13.3. The minimum atomic E-state index is -0.580. The van der Waals surface area contributed by atoms with Crippen LogP contribution in [0.15, 0.2) is 66.7 Å². The van der Waals surface area contributed by atoms with Crippen LogP contribution in [0.5, 0.6) is 0 Å². The van der Waals surface area contributed by atoms with Crippen molar-refractivity contribution in [1.29, 1.82) is 0 Å². The summed E-state index contributed by atoms with van der Waals surface area (Å²) in [4.78, 5) is 39.1. The zero-order chi connectivity index (χ0) is 30.5. The second-order valence-corrected chi connectivity index (χ2v) is 13.6. The molecule has 2 fully saturated rings. The quantitative estimate of drug-likeness (QED) is 0.175. The van der Waals surface area contributed by atoms with Gasteiger partial charge in [-0.2, -0.15) is 0 Å². The maximum absolute atomic E-state index is 13.3. The summed E-state index contributed by atoms with van der Waals surface area (Å²) in [6.07, 6.45) is 5.53. The fraction of sp³-hybridized carbons (Fsp3) is 0.444. The number of benzene rings is 3. The van der Waals surface area contributed by atoms with Crippen molar-refractivity contribution in [3.63, 3.8) is 0 Å². The van der Waals surface area contributed by atoms with Gasteiger partial charge in [0, 0.05) is 19.0 Å². The van der Waals surface area contributed by atoms with E-state index in [4.69, 9.17) is 0 Å². The van der Waals surface area contributed by atoms with Crippen LogP contribution in [0.25, 0.3) is 0 Å². The molecule has 2 amide bonds. The van der Waals surface area contributed by atoms with Gasteiger partial charge in [0.2, 0.25) is 11.8 Å². The Bertz CT molecular complexity index is 1580. The molecule has 1 aliphatic heterocycles. The number of carbonyl (C=O) groups is 2. The van der Waals surface area contributed by atoms with E-state index >= 15 is 0 Å². The molecule has 3 aliphatic rings. The van der Waals surface area contributed by atoms with Crippen LogP contribution in [0.4, 0.5) is 17.1 Å². The molecule has 0 unspecified atom stereocenters. The van der Waals surface area contributed by atoms with Crippen molar-refractivity contribution in [2.45, 2.75) is 83.5 Å². The number of rotatable bonds is 7. The Balaban J connectivity index is 1.24. The molecule has 1 heterocycles. The average molecular weight is 580 g/mol. The Hall–Kier alpha value is -4.00. The Morgan fingerprint density at radius 1 is 1.02 bits per heavy atom. The number of hydrogen-bond donors (Lipinski definition) is 1. The SMILES string of the molecule is CC(C)c1ccc2c(c1)CC[C@@H]1[C@](C)(CNc3ccc(N4C(=O)C[C@@H](c5ccccc5)C4=O)cc3[N+](=O)[O-])CCC[C@]21C. The standard InChI is InChI=1S/C36H41N3O4/c1-23(2)25-11-14-29-26(19-25)12-16-32-35(3,17-8-18-36(29,32)4)22-37-30-15-13-27(20-31(30)39(42)43)38-33(40)21-28(34(38)41)24-9-6-5-7-10-24/h5-7,9-11,13-15,19-20,23,28,32,37H,8,12,16-18,21-22H2,1-4H3/t28-,32+,35-,36+/m0/s1. The van der Waals surface area contributed by atoms with Crippen LogP contribution in [0.1, 0.15) is 93.9 Å². The third-order valence-corrected chi connectivity index (χ3v) is 10.6. The van der Waals surface area contributed by atoms with Crippen LogP contribution < -0.4 is 10.2 Å². The van der Waals surface area contributed by atoms with Gasteiger partial charge >= 0.3 is 0 Å². The van der Waals surface area contributed by atoms with Gasteiger partial charge in [0.25, 0.3) is 5.69 Å². The van der Waals surface area contributed by atoms with Crippen LogP contribution in [-0.2, 0) is 21.4 Å². The molecule has 0 bridgehead atoms. The Labute approximate surface area is 253 Å². The molecule has 3 aromatic rings. The molecule has 3 aromatic carbocycles. The van der Waals surface area contributed by atoms with Crippen molar-refractivity contribution in [3.05, 3.63) is 99.1 Å². The smallest absolute Gasteiger partial charge is 0.294 e. The van der Waals surface area contributed by atoms with E-state index in [0.717, 1.165) is 42.6 Å². The molecule has 7 heteroatoms. The molecule has 1 saturated carbocycles. The van der Waals surface area contributed by atoms with Crippen LogP contribution >= 0.6 is 0 Å². The number of amides is 2. The normalized spacial score (nSPS) is 26.8. The van der Waals surface area contributed by atoms with Gasteiger partial charge in [-0.05, 0) is 82.7 Å². The Morgan fingerprint density at radius 3 is 2.51 bits per heavy atom. The van der Waals surface area contributed by atoms with Crippen LogP contribution in [0, 0.1) is 21.4 Å². The van der Waals surface area contributed by atoms with Gasteiger partial charge in [0.1, 0.15) is 5.69 Å². The molecule has 6 rings (SSSR count). The largest absolute Gasteiger partial charge is 0.379 e. The summed E-state index contributed by atoms with van der Waals surface area (Å²) in [7, 11) is 0. The van der Waals surface area contributed by atoms with Crippen molar-refractivity contribution in [3.8, 4) is 0 Å². The molecule has 0 aromatic heterocycles. The number of carbonyl (C=O) groups excluding carboxylic acids is 2. The Kier molecular flexibility index (Phi) is 7.39. The van der Waals surface area contributed by atoms with Crippen LogP contribution in [0.3, 0.4) is 0 Å². The minimum absolute atomic E-state index is 0.0439. The number of imide groups is 1. The third kappa shape index (κ3) is 5.02. The molecule has 0 radical (unpaired) electrons. The van der Waals surface area contributed by atoms with E-state index in [0.29, 0.717) is 24.1 Å². The molecule has 0 spiro atoms. The highest BCUT2D eigenvalue weighted by molar-refractivity contribution is 6.22. The molecule has 4 atom stereocenters. The number of nitro groups is 1. The van der Waals surface area contributed by atoms with E-state index in [9.17, 15) is 19.7 Å². The lowest BCUT2D eigenvalue weighted by molar-refractivity contribution is -0.383. The molecule has 1 saturated heterocycles. The zero-order valence-electron chi connectivity index (χ0n) is 25.6. The molecule has 224 valence electrons. The van der Waals surface area contributed by atoms with Crippen molar-refractivity contribution in [2.24, 2.45) is 11.3 Å². The zero-order valence-corrected chi connectivity index (χ0v) is 25.6. The first-order chi connectivity index (χ1) is 20.5. The van der Waals surface area contributed by atoms with E-state index in [1.807, 2.05) is 30.3 Å². The van der Waals surface area contributed by atoms with Gasteiger partial charge in [-0.15, -0.1) is 0 Å². The Morgan fingerprint density at radius 2 is 1.79 bits per heavy atom. The lowest BCUT2D eigenvalue weighted by Gasteiger charge is -2.55. The van der Waals surface area contributed by atoms with Gasteiger partial charge in [0.05, 0.1) is 16.5 Å². The van der Waals surface area contributed by atoms with Crippen LogP contribution in [0.2, 0.25) is 0 Å². The molecule has 43 heavy (non-hydrogen) atoms. The van der Waals surface area contributed by atoms with Gasteiger partial charge in [0.15, 0.2) is 0 Å². The third-order valence-electron chi connectivity index (χ3n) is 10.6. The number of nitrogens with one attached hydrogen (secondary N) is 1. The summed E-state index contributed by atoms with van der Waals surface area (Å²) in [5, 5.41) is 15.7. The fourth-order valence-corrected chi connectivity index (χ4v) is 8.32. The first-order valence-electron chi connectivity index (χ1n) is 15.6. The van der Waals surface area contributed by atoms with Crippen molar-refractivity contribution >= 4 is 28.9 Å². The number of hydrogen-bond acceptors (Lipinski definition) is 5. The number of aryl methyl sites for hydroxylation is 1. The number of nitrogens with zero attached hydrogens (tertiary/aromatic N) is 2. The second kappa shape index (κ2) is 10.9. The topological polar surface area (TPSA) is 92.6 Å². The van der Waals surface area contributed by atoms with Crippen molar-refractivity contribution < 1.29 is 14.5 Å². The second-order valence-electron chi connectivity index (χ2n) is 13.6. The number of nitro benzene ring substituents is 1. The summed E-state index contributed by atoms with van der Waals surface area (Å²) < 4.78 is 0. The van der Waals surface area contributed by atoms with E-state index < -0.39 is 10.8 Å². The summed E-state index contributed by atoms with van der Waals surface area (Å²) in [6.45, 7) is 9.86. The van der Waals surface area contributed by atoms with Gasteiger partial charge < -0.3 is 5.32 Å². The van der Waals surface area contributed by atoms with Gasteiger partial charge in [-0.25, -0.2) is 4.90 Å². The first kappa shape index (κ1) is 29.1. The summed E-state index contributed by atoms with van der Waals surface area (Å²) in [5.74, 6) is -0.319. The summed E-state index contributed by atoms with van der Waals surface area (Å²) in [6, 6.07) is 20.9. The molecule has 1 N–H and O–H groups in total. The van der Waals surface area contributed by atoms with Crippen LogP contribution in [-0.4, -0.2) is 23.3 Å². The van der Waals surface area contributed by atoms with E-state index in [1.54, 1.807) is 12.1 Å². The lowest BCUT2D eigenvalue weighted by Crippen LogP contribution is -2.51. The first-order valence-corrected chi connectivity index (χ1v) is 15.6. The highest BCUT2D eigenvalue weighted by atomic mass is 16.6. The average Bonchev–Trinajstić information content (AvgIpc) is 3.29. The molecule has 7 nitrogen and oxygen atoms in total. The van der Waals surface area contributed by atoms with Gasteiger partial charge in [-0.1, -0.05) is 82.6 Å². The highest BCUT2D eigenvalue weighted by Crippen LogP contribution is 2.57.